The van der Waals surface area contributed by atoms with Crippen LogP contribution < -0.4 is 5.32 Å². The van der Waals surface area contributed by atoms with Crippen molar-refractivity contribution in [3.8, 4) is 10.8 Å². The second-order valence-corrected chi connectivity index (χ2v) is 7.55. The van der Waals surface area contributed by atoms with Crippen molar-refractivity contribution in [2.24, 2.45) is 5.92 Å². The van der Waals surface area contributed by atoms with E-state index in [1.165, 1.54) is 11.3 Å². The number of aromatic nitrogens is 5. The van der Waals surface area contributed by atoms with E-state index < -0.39 is 0 Å². The Balaban J connectivity index is 0.000000806. The minimum atomic E-state index is -0.250. The van der Waals surface area contributed by atoms with E-state index in [2.05, 4.69) is 29.8 Å². The molecule has 0 aliphatic carbocycles. The standard InChI is InChI=1S/C18H21N7OS.CH2O2/c26-18(25-7-1-3-14(11-25)10-24-8-6-19-13-24)22-9-15-12-27-17(23-15)16-20-4-2-5-21-16;2-1-3/h2,4-6,8,12-14H,1,3,7,9-11H2,(H,22,26);1H,(H,2,3). The molecule has 158 valence electrons. The fourth-order valence-electron chi connectivity index (χ4n) is 3.27. The van der Waals surface area contributed by atoms with E-state index in [0.717, 1.165) is 43.2 Å². The molecule has 1 unspecified atom stereocenters. The third kappa shape index (κ3) is 6.08. The van der Waals surface area contributed by atoms with Crippen LogP contribution in [0.25, 0.3) is 10.8 Å². The summed E-state index contributed by atoms with van der Waals surface area (Å²) in [5.74, 6) is 1.07. The molecule has 0 spiro atoms. The molecule has 10 nitrogen and oxygen atoms in total. The average Bonchev–Trinajstić information content (AvgIpc) is 3.46. The molecule has 4 heterocycles. The highest BCUT2D eigenvalue weighted by Crippen LogP contribution is 2.20. The van der Waals surface area contributed by atoms with Crippen LogP contribution in [-0.4, -0.2) is 60.1 Å². The molecule has 0 saturated carbocycles. The fourth-order valence-corrected chi connectivity index (χ4v) is 4.03. The van der Waals surface area contributed by atoms with Gasteiger partial charge in [-0.2, -0.15) is 0 Å². The molecule has 1 atom stereocenters. The van der Waals surface area contributed by atoms with Crippen molar-refractivity contribution in [1.29, 1.82) is 0 Å². The molecule has 0 radical (unpaired) electrons. The number of rotatable bonds is 5. The van der Waals surface area contributed by atoms with Gasteiger partial charge in [-0.3, -0.25) is 4.79 Å². The summed E-state index contributed by atoms with van der Waals surface area (Å²) in [6.07, 6.45) is 11.1. The van der Waals surface area contributed by atoms with Crippen LogP contribution in [-0.2, 0) is 17.9 Å². The van der Waals surface area contributed by atoms with Gasteiger partial charge in [0.15, 0.2) is 10.8 Å². The number of carbonyl (C=O) groups excluding carboxylic acids is 1. The second kappa shape index (κ2) is 11.0. The largest absolute Gasteiger partial charge is 0.483 e. The summed E-state index contributed by atoms with van der Waals surface area (Å²) in [5, 5.41) is 12.6. The molecule has 4 rings (SSSR count). The maximum atomic E-state index is 12.5. The predicted octanol–water partition coefficient (Wildman–Crippen LogP) is 2.12. The zero-order valence-corrected chi connectivity index (χ0v) is 17.1. The van der Waals surface area contributed by atoms with E-state index in [4.69, 9.17) is 9.90 Å². The fraction of sp³-hybridized carbons (Fsp3) is 0.368. The lowest BCUT2D eigenvalue weighted by atomic mass is 9.98. The molecule has 30 heavy (non-hydrogen) atoms. The number of amides is 2. The van der Waals surface area contributed by atoms with E-state index in [1.807, 2.05) is 22.8 Å². The van der Waals surface area contributed by atoms with E-state index in [0.29, 0.717) is 18.3 Å². The molecule has 1 fully saturated rings. The van der Waals surface area contributed by atoms with E-state index in [-0.39, 0.29) is 12.5 Å². The quantitative estimate of drug-likeness (QED) is 0.595. The molecule has 1 aliphatic rings. The lowest BCUT2D eigenvalue weighted by Gasteiger charge is -2.32. The molecule has 2 amide bonds. The van der Waals surface area contributed by atoms with Crippen LogP contribution in [0.2, 0.25) is 0 Å². The maximum Gasteiger partial charge on any atom is 0.317 e. The zero-order chi connectivity index (χ0) is 21.2. The van der Waals surface area contributed by atoms with Crippen LogP contribution in [0, 0.1) is 5.92 Å². The van der Waals surface area contributed by atoms with Crippen LogP contribution in [0.15, 0.2) is 42.6 Å². The van der Waals surface area contributed by atoms with E-state index in [9.17, 15) is 4.79 Å². The first-order valence-corrected chi connectivity index (χ1v) is 10.4. The van der Waals surface area contributed by atoms with Crippen molar-refractivity contribution in [3.05, 3.63) is 48.3 Å². The Morgan fingerprint density at radius 3 is 2.87 bits per heavy atom. The Labute approximate surface area is 177 Å². The number of carboxylic acid groups (broad SMARTS) is 1. The van der Waals surface area contributed by atoms with Gasteiger partial charge < -0.3 is 19.9 Å². The molecular formula is C19H23N7O3S. The van der Waals surface area contributed by atoms with Crippen molar-refractivity contribution in [2.75, 3.05) is 13.1 Å². The first-order chi connectivity index (χ1) is 14.7. The van der Waals surface area contributed by atoms with Gasteiger partial charge >= 0.3 is 6.03 Å². The Bertz CT molecular complexity index is 917. The Morgan fingerprint density at radius 1 is 1.33 bits per heavy atom. The summed E-state index contributed by atoms with van der Waals surface area (Å²) < 4.78 is 2.08. The number of nitrogens with one attached hydrogen (secondary N) is 1. The highest BCUT2D eigenvalue weighted by Gasteiger charge is 2.23. The van der Waals surface area contributed by atoms with Crippen molar-refractivity contribution in [3.63, 3.8) is 0 Å². The monoisotopic (exact) mass is 429 g/mol. The average molecular weight is 430 g/mol. The van der Waals surface area contributed by atoms with Crippen LogP contribution in [0.1, 0.15) is 18.5 Å². The lowest BCUT2D eigenvalue weighted by molar-refractivity contribution is -0.122. The first-order valence-electron chi connectivity index (χ1n) is 9.47. The molecule has 1 saturated heterocycles. The lowest BCUT2D eigenvalue weighted by Crippen LogP contribution is -2.46. The van der Waals surface area contributed by atoms with Gasteiger partial charge in [0.05, 0.1) is 18.6 Å². The molecule has 0 bridgehead atoms. The highest BCUT2D eigenvalue weighted by molar-refractivity contribution is 7.13. The minimum Gasteiger partial charge on any atom is -0.483 e. The summed E-state index contributed by atoms with van der Waals surface area (Å²) in [6.45, 7) is 2.62. The summed E-state index contributed by atoms with van der Waals surface area (Å²) in [4.78, 5) is 39.8. The van der Waals surface area contributed by atoms with Crippen LogP contribution in [0.3, 0.4) is 0 Å². The Hall–Kier alpha value is -3.34. The number of hydrogen-bond acceptors (Lipinski definition) is 7. The number of carbonyl (C=O) groups is 2. The Morgan fingerprint density at radius 2 is 2.13 bits per heavy atom. The van der Waals surface area contributed by atoms with Crippen LogP contribution >= 0.6 is 11.3 Å². The van der Waals surface area contributed by atoms with Gasteiger partial charge in [-0.1, -0.05) is 0 Å². The number of thiazole rings is 1. The normalized spacial score (nSPS) is 15.7. The molecule has 0 aromatic carbocycles. The second-order valence-electron chi connectivity index (χ2n) is 6.69. The number of hydrogen-bond donors (Lipinski definition) is 2. The molecule has 3 aromatic heterocycles. The number of urea groups is 1. The highest BCUT2D eigenvalue weighted by atomic mass is 32.1. The van der Waals surface area contributed by atoms with Gasteiger partial charge in [0.1, 0.15) is 0 Å². The molecular weight excluding hydrogens is 406 g/mol. The summed E-state index contributed by atoms with van der Waals surface area (Å²) in [7, 11) is 0. The van der Waals surface area contributed by atoms with Crippen molar-refractivity contribution in [1.82, 2.24) is 34.7 Å². The summed E-state index contributed by atoms with van der Waals surface area (Å²) >= 11 is 1.48. The topological polar surface area (TPSA) is 126 Å². The van der Waals surface area contributed by atoms with Gasteiger partial charge in [0.2, 0.25) is 0 Å². The minimum absolute atomic E-state index is 0.0316. The maximum absolute atomic E-state index is 12.5. The van der Waals surface area contributed by atoms with E-state index >= 15 is 0 Å². The van der Waals surface area contributed by atoms with Crippen molar-refractivity contribution in [2.45, 2.75) is 25.9 Å². The van der Waals surface area contributed by atoms with Gasteiger partial charge in [0, 0.05) is 49.8 Å². The number of imidazole rings is 1. The van der Waals surface area contributed by atoms with Gasteiger partial charge in [0.25, 0.3) is 6.47 Å². The first kappa shape index (κ1) is 21.4. The molecule has 1 aliphatic heterocycles. The Kier molecular flexibility index (Phi) is 7.84. The third-order valence-corrected chi connectivity index (χ3v) is 5.45. The van der Waals surface area contributed by atoms with Gasteiger partial charge in [-0.15, -0.1) is 11.3 Å². The summed E-state index contributed by atoms with van der Waals surface area (Å²) in [6, 6.07) is 1.74. The van der Waals surface area contributed by atoms with Gasteiger partial charge in [-0.25, -0.2) is 24.7 Å². The molecule has 11 heteroatoms. The zero-order valence-electron chi connectivity index (χ0n) is 16.3. The van der Waals surface area contributed by atoms with Crippen molar-refractivity contribution >= 4 is 23.8 Å². The van der Waals surface area contributed by atoms with E-state index in [1.54, 1.807) is 24.7 Å². The third-order valence-electron chi connectivity index (χ3n) is 4.56. The predicted molar refractivity (Wildman–Crippen MR) is 111 cm³/mol. The summed E-state index contributed by atoms with van der Waals surface area (Å²) in [5.41, 5.74) is 0.822. The smallest absolute Gasteiger partial charge is 0.317 e. The van der Waals surface area contributed by atoms with Gasteiger partial charge in [-0.05, 0) is 24.8 Å². The van der Waals surface area contributed by atoms with Crippen LogP contribution in [0.4, 0.5) is 4.79 Å². The SMILES string of the molecule is O=C(NCc1csc(-c2ncccn2)n1)N1CCCC(Cn2ccnc2)C1.O=CO. The molecule has 2 N–H and O–H groups in total. The number of likely N-dealkylation sites (tertiary alicyclic amines) is 1. The number of nitrogens with zero attached hydrogens (tertiary/aromatic N) is 6. The number of piperidine rings is 1. The molecule has 3 aromatic rings. The van der Waals surface area contributed by atoms with Crippen molar-refractivity contribution < 1.29 is 14.7 Å². The van der Waals surface area contributed by atoms with Crippen LogP contribution in [0.5, 0.6) is 0 Å².